The summed E-state index contributed by atoms with van der Waals surface area (Å²) >= 11 is 7.67. The first-order chi connectivity index (χ1) is 14.0. The molecule has 0 atom stereocenters. The molecule has 0 aliphatic rings. The monoisotopic (exact) mass is 463 g/mol. The number of nitrogens with one attached hydrogen (secondary N) is 1. The average Bonchev–Trinajstić information content (AvgIpc) is 3.03. The summed E-state index contributed by atoms with van der Waals surface area (Å²) in [6.07, 6.45) is 3.79. The van der Waals surface area contributed by atoms with Crippen LogP contribution in [0.5, 0.6) is 0 Å². The van der Waals surface area contributed by atoms with Crippen molar-refractivity contribution in [1.29, 1.82) is 0 Å². The number of unbranched alkanes of at least 4 members (excludes halogenated alkanes) is 1. The van der Waals surface area contributed by atoms with Gasteiger partial charge in [-0.2, -0.15) is 0 Å². The molecule has 7 heteroatoms. The third-order valence-corrected chi connectivity index (χ3v) is 6.17. The number of halogens is 2. The van der Waals surface area contributed by atoms with Crippen molar-refractivity contribution in [2.75, 3.05) is 5.32 Å². The van der Waals surface area contributed by atoms with Gasteiger partial charge in [0.15, 0.2) is 4.80 Å². The second-order valence-corrected chi connectivity index (χ2v) is 8.38. The van der Waals surface area contributed by atoms with Crippen molar-refractivity contribution in [2.45, 2.75) is 39.5 Å². The third kappa shape index (κ3) is 6.46. The van der Waals surface area contributed by atoms with Crippen molar-refractivity contribution in [3.05, 3.63) is 74.5 Å². The zero-order valence-electron chi connectivity index (χ0n) is 17.4. The van der Waals surface area contributed by atoms with Crippen molar-refractivity contribution in [3.8, 4) is 0 Å². The molecule has 0 aliphatic carbocycles. The number of benzene rings is 2. The zero-order valence-corrected chi connectivity index (χ0v) is 19.8. The van der Waals surface area contributed by atoms with E-state index in [1.54, 1.807) is 6.07 Å². The molecule has 0 saturated heterocycles. The van der Waals surface area contributed by atoms with Gasteiger partial charge in [0, 0.05) is 28.8 Å². The van der Waals surface area contributed by atoms with Gasteiger partial charge in [-0.25, -0.2) is 4.99 Å². The molecule has 1 aromatic heterocycles. The van der Waals surface area contributed by atoms with Gasteiger partial charge in [-0.15, -0.1) is 23.7 Å². The van der Waals surface area contributed by atoms with Gasteiger partial charge in [-0.1, -0.05) is 43.1 Å². The fourth-order valence-electron chi connectivity index (χ4n) is 2.93. The lowest BCUT2D eigenvalue weighted by molar-refractivity contribution is -0.115. The molecule has 2 aromatic carbocycles. The Morgan fingerprint density at radius 1 is 1.20 bits per heavy atom. The van der Waals surface area contributed by atoms with Crippen molar-refractivity contribution in [1.82, 2.24) is 4.57 Å². The van der Waals surface area contributed by atoms with Crippen LogP contribution in [0.15, 0.2) is 52.8 Å². The molecule has 1 N–H and O–H groups in total. The highest BCUT2D eigenvalue weighted by molar-refractivity contribution is 7.07. The Balaban J connectivity index is 0.00000320. The molecule has 3 aromatic rings. The van der Waals surface area contributed by atoms with Gasteiger partial charge in [0.2, 0.25) is 5.91 Å². The van der Waals surface area contributed by atoms with E-state index in [1.165, 1.54) is 29.7 Å². The standard InChI is InChI=1S/C23H26ClN3OS.ClH/c1-4-5-6-17-8-11-18(12-9-17)26-23-27(3)20(15-29-23)14-22(28)25-19-10-7-16(2)21(24)13-19;/h7-13,15H,4-6,14H2,1-3H3,(H,25,28);1H. The van der Waals surface area contributed by atoms with Gasteiger partial charge in [0.05, 0.1) is 12.1 Å². The van der Waals surface area contributed by atoms with Crippen LogP contribution < -0.4 is 10.1 Å². The SMILES string of the molecule is CCCCc1ccc(N=c2scc(CC(=O)Nc3ccc(C)c(Cl)c3)n2C)cc1.Cl. The van der Waals surface area contributed by atoms with Crippen LogP contribution in [-0.4, -0.2) is 10.5 Å². The first-order valence-electron chi connectivity index (χ1n) is 9.79. The van der Waals surface area contributed by atoms with Gasteiger partial charge in [0.1, 0.15) is 0 Å². The second kappa shape index (κ2) is 11.3. The number of hydrogen-bond acceptors (Lipinski definition) is 3. The zero-order chi connectivity index (χ0) is 20.8. The van der Waals surface area contributed by atoms with E-state index in [-0.39, 0.29) is 24.7 Å². The van der Waals surface area contributed by atoms with Crippen LogP contribution in [0.25, 0.3) is 0 Å². The minimum Gasteiger partial charge on any atom is -0.326 e. The molecule has 0 unspecified atom stereocenters. The lowest BCUT2D eigenvalue weighted by atomic mass is 10.1. The number of nitrogens with zero attached hydrogens (tertiary/aromatic N) is 2. The van der Waals surface area contributed by atoms with Crippen LogP contribution in [0.1, 0.15) is 36.6 Å². The molecule has 3 rings (SSSR count). The second-order valence-electron chi connectivity index (χ2n) is 7.14. The molecular formula is C23H27Cl2N3OS. The molecule has 30 heavy (non-hydrogen) atoms. The quantitative estimate of drug-likeness (QED) is 0.443. The Morgan fingerprint density at radius 2 is 1.93 bits per heavy atom. The van der Waals surface area contributed by atoms with Crippen molar-refractivity contribution in [2.24, 2.45) is 12.0 Å². The number of rotatable bonds is 7. The summed E-state index contributed by atoms with van der Waals surface area (Å²) in [7, 11) is 1.94. The topological polar surface area (TPSA) is 46.4 Å². The summed E-state index contributed by atoms with van der Waals surface area (Å²) in [6.45, 7) is 4.14. The van der Waals surface area contributed by atoms with Crippen LogP contribution in [0.3, 0.4) is 0 Å². The smallest absolute Gasteiger partial charge is 0.230 e. The molecular weight excluding hydrogens is 437 g/mol. The largest absolute Gasteiger partial charge is 0.326 e. The highest BCUT2D eigenvalue weighted by atomic mass is 35.5. The lowest BCUT2D eigenvalue weighted by Crippen LogP contribution is -2.19. The van der Waals surface area contributed by atoms with Gasteiger partial charge >= 0.3 is 0 Å². The van der Waals surface area contributed by atoms with E-state index < -0.39 is 0 Å². The van der Waals surface area contributed by atoms with Crippen molar-refractivity contribution in [3.63, 3.8) is 0 Å². The molecule has 0 saturated carbocycles. The molecule has 0 radical (unpaired) electrons. The summed E-state index contributed by atoms with van der Waals surface area (Å²) in [5, 5.41) is 5.53. The average molecular weight is 464 g/mol. The molecule has 0 bridgehead atoms. The number of aromatic nitrogens is 1. The normalized spacial score (nSPS) is 11.3. The fraction of sp³-hybridized carbons (Fsp3) is 0.304. The Bertz CT molecular complexity index is 1060. The maximum absolute atomic E-state index is 12.4. The number of anilines is 1. The molecule has 160 valence electrons. The Hall–Kier alpha value is -2.08. The van der Waals surface area contributed by atoms with Gasteiger partial charge in [-0.3, -0.25) is 4.79 Å². The Labute approximate surface area is 193 Å². The maximum atomic E-state index is 12.4. The van der Waals surface area contributed by atoms with Crippen LogP contribution in [-0.2, 0) is 24.7 Å². The molecule has 1 amide bonds. The van der Waals surface area contributed by atoms with Crippen LogP contribution in [0, 0.1) is 6.92 Å². The third-order valence-electron chi connectivity index (χ3n) is 4.80. The van der Waals surface area contributed by atoms with Crippen molar-refractivity contribution >= 4 is 52.6 Å². The molecule has 4 nitrogen and oxygen atoms in total. The van der Waals surface area contributed by atoms with Gasteiger partial charge in [0.25, 0.3) is 0 Å². The highest BCUT2D eigenvalue weighted by Crippen LogP contribution is 2.20. The first kappa shape index (κ1) is 24.2. The fourth-order valence-corrected chi connectivity index (χ4v) is 4.03. The number of carbonyl (C=O) groups is 1. The van der Waals surface area contributed by atoms with E-state index >= 15 is 0 Å². The summed E-state index contributed by atoms with van der Waals surface area (Å²) in [6, 6.07) is 13.9. The Kier molecular flexibility index (Phi) is 9.15. The highest BCUT2D eigenvalue weighted by Gasteiger charge is 2.09. The maximum Gasteiger partial charge on any atom is 0.230 e. The van der Waals surface area contributed by atoms with Crippen LogP contribution in [0.2, 0.25) is 5.02 Å². The van der Waals surface area contributed by atoms with E-state index in [0.29, 0.717) is 10.7 Å². The van der Waals surface area contributed by atoms with Gasteiger partial charge < -0.3 is 9.88 Å². The molecule has 0 fully saturated rings. The summed E-state index contributed by atoms with van der Waals surface area (Å²) < 4.78 is 1.97. The number of amides is 1. The molecule has 1 heterocycles. The minimum atomic E-state index is -0.0786. The van der Waals surface area contributed by atoms with Gasteiger partial charge in [-0.05, 0) is 55.2 Å². The number of aryl methyl sites for hydroxylation is 2. The molecule has 0 aliphatic heterocycles. The summed E-state index contributed by atoms with van der Waals surface area (Å²) in [5.41, 5.74) is 4.88. The number of thiazole rings is 1. The number of carbonyl (C=O) groups excluding carboxylic acids is 1. The predicted molar refractivity (Wildman–Crippen MR) is 129 cm³/mol. The van der Waals surface area contributed by atoms with E-state index in [0.717, 1.165) is 28.2 Å². The summed E-state index contributed by atoms with van der Waals surface area (Å²) in [5.74, 6) is -0.0786. The predicted octanol–water partition coefficient (Wildman–Crippen LogP) is 6.23. The van der Waals surface area contributed by atoms with Crippen LogP contribution in [0.4, 0.5) is 11.4 Å². The van der Waals surface area contributed by atoms with E-state index in [9.17, 15) is 4.79 Å². The first-order valence-corrected chi connectivity index (χ1v) is 11.0. The Morgan fingerprint density at radius 3 is 2.60 bits per heavy atom. The van der Waals surface area contributed by atoms with Crippen molar-refractivity contribution < 1.29 is 4.79 Å². The van der Waals surface area contributed by atoms with E-state index in [4.69, 9.17) is 16.6 Å². The van der Waals surface area contributed by atoms with Crippen LogP contribution >= 0.6 is 35.3 Å². The summed E-state index contributed by atoms with van der Waals surface area (Å²) in [4.78, 5) is 18.0. The van der Waals surface area contributed by atoms with E-state index in [2.05, 4.69) is 36.5 Å². The lowest BCUT2D eigenvalue weighted by Gasteiger charge is -2.07. The molecule has 0 spiro atoms. The van der Waals surface area contributed by atoms with E-state index in [1.807, 2.05) is 36.1 Å². The minimum absolute atomic E-state index is 0. The number of hydrogen-bond donors (Lipinski definition) is 1.